The average molecular weight is 350 g/mol. The Morgan fingerprint density at radius 1 is 0.920 bits per heavy atom. The molecule has 4 nitrogen and oxygen atoms in total. The third-order valence-corrected chi connectivity index (χ3v) is 6.79. The van der Waals surface area contributed by atoms with E-state index in [2.05, 4.69) is 22.0 Å². The highest BCUT2D eigenvalue weighted by atomic mass is 16.2. The fourth-order valence-electron chi connectivity index (χ4n) is 5.40. The third-order valence-electron chi connectivity index (χ3n) is 6.79. The van der Waals surface area contributed by atoms with Crippen LogP contribution < -0.4 is 5.32 Å². The number of carbonyl (C=O) groups is 1. The number of likely N-dealkylation sites (tertiary alicyclic amines) is 1. The van der Waals surface area contributed by atoms with E-state index in [9.17, 15) is 4.79 Å². The summed E-state index contributed by atoms with van der Waals surface area (Å²) in [6.07, 6.45) is 15.5. The number of likely N-dealkylation sites (N-methyl/N-ethyl adjacent to an activating group) is 1. The first-order valence-corrected chi connectivity index (χ1v) is 11.1. The minimum Gasteiger partial charge on any atom is -0.336 e. The second-order valence-corrected chi connectivity index (χ2v) is 8.44. The lowest BCUT2D eigenvalue weighted by molar-refractivity contribution is -0.137. The second-order valence-electron chi connectivity index (χ2n) is 8.44. The van der Waals surface area contributed by atoms with Crippen LogP contribution in [0, 0.1) is 0 Å². The number of hydrogen-bond donors (Lipinski definition) is 1. The molecular formula is C21H39N3O. The first kappa shape index (κ1) is 19.2. The number of nitrogens with one attached hydrogen (secondary N) is 1. The number of carbonyl (C=O) groups excluding carboxylic acids is 1. The van der Waals surface area contributed by atoms with Gasteiger partial charge in [-0.2, -0.15) is 0 Å². The Morgan fingerprint density at radius 3 is 2.08 bits per heavy atom. The molecule has 2 aliphatic carbocycles. The Morgan fingerprint density at radius 2 is 1.52 bits per heavy atom. The van der Waals surface area contributed by atoms with Gasteiger partial charge in [-0.1, -0.05) is 45.4 Å². The summed E-state index contributed by atoms with van der Waals surface area (Å²) in [5, 5.41) is 3.52. The summed E-state index contributed by atoms with van der Waals surface area (Å²) in [7, 11) is 0. The van der Waals surface area contributed by atoms with Crippen molar-refractivity contribution >= 4 is 5.91 Å². The van der Waals surface area contributed by atoms with Crippen LogP contribution in [-0.2, 0) is 4.79 Å². The minimum absolute atomic E-state index is 0.375. The van der Waals surface area contributed by atoms with E-state index in [-0.39, 0.29) is 0 Å². The summed E-state index contributed by atoms with van der Waals surface area (Å²) in [6, 6.07) is 1.67. The molecule has 1 saturated heterocycles. The molecule has 0 spiro atoms. The van der Waals surface area contributed by atoms with Crippen LogP contribution in [0.2, 0.25) is 0 Å². The second kappa shape index (κ2) is 9.91. The topological polar surface area (TPSA) is 35.6 Å². The smallest absolute Gasteiger partial charge is 0.237 e. The fourth-order valence-corrected chi connectivity index (χ4v) is 5.40. The van der Waals surface area contributed by atoms with Gasteiger partial charge in [-0.3, -0.25) is 9.69 Å². The zero-order valence-corrected chi connectivity index (χ0v) is 16.3. The average Bonchev–Trinajstić information content (AvgIpc) is 3.11. The van der Waals surface area contributed by atoms with Gasteiger partial charge in [0.1, 0.15) is 0 Å². The molecule has 2 saturated carbocycles. The summed E-state index contributed by atoms with van der Waals surface area (Å²) < 4.78 is 0. The van der Waals surface area contributed by atoms with E-state index >= 15 is 0 Å². The number of hydrogen-bond acceptors (Lipinski definition) is 3. The van der Waals surface area contributed by atoms with Crippen molar-refractivity contribution in [2.24, 2.45) is 0 Å². The Bertz CT molecular complexity index is 384. The lowest BCUT2D eigenvalue weighted by atomic mass is 9.88. The van der Waals surface area contributed by atoms with Gasteiger partial charge in [-0.05, 0) is 51.6 Å². The van der Waals surface area contributed by atoms with Gasteiger partial charge < -0.3 is 10.2 Å². The van der Waals surface area contributed by atoms with Crippen LogP contribution in [0.3, 0.4) is 0 Å². The molecule has 1 aliphatic heterocycles. The molecule has 3 aliphatic rings. The van der Waals surface area contributed by atoms with Crippen molar-refractivity contribution in [1.29, 1.82) is 0 Å². The lowest BCUT2D eigenvalue weighted by Gasteiger charge is -2.42. The molecule has 0 aromatic carbocycles. The van der Waals surface area contributed by atoms with Gasteiger partial charge in [0, 0.05) is 24.7 Å². The van der Waals surface area contributed by atoms with Crippen LogP contribution in [0.4, 0.5) is 0 Å². The van der Waals surface area contributed by atoms with E-state index in [1.807, 2.05) is 0 Å². The van der Waals surface area contributed by atoms with Crippen LogP contribution in [0.5, 0.6) is 0 Å². The van der Waals surface area contributed by atoms with Crippen molar-refractivity contribution in [1.82, 2.24) is 15.1 Å². The molecule has 144 valence electrons. The number of amides is 1. The molecule has 4 heteroatoms. The van der Waals surface area contributed by atoms with Crippen molar-refractivity contribution in [2.45, 2.75) is 102 Å². The van der Waals surface area contributed by atoms with Crippen LogP contribution in [-0.4, -0.2) is 60.0 Å². The summed E-state index contributed by atoms with van der Waals surface area (Å²) in [5.41, 5.74) is 0. The molecule has 25 heavy (non-hydrogen) atoms. The minimum atomic E-state index is 0.375. The molecule has 1 N–H and O–H groups in total. The van der Waals surface area contributed by atoms with Crippen LogP contribution in [0.15, 0.2) is 0 Å². The predicted octanol–water partition coefficient (Wildman–Crippen LogP) is 3.55. The molecule has 0 radical (unpaired) electrons. The molecule has 1 heterocycles. The Kier molecular flexibility index (Phi) is 7.60. The standard InChI is InChI=1S/C21H39N3O/c1-2-23-15-9-14-20(23)16-22-17-21(25)24(18-10-5-3-6-11-18)19-12-7-4-8-13-19/h18-20,22H,2-17H2,1H3. The van der Waals surface area contributed by atoms with Crippen molar-refractivity contribution < 1.29 is 4.79 Å². The summed E-state index contributed by atoms with van der Waals surface area (Å²) in [4.78, 5) is 18.0. The van der Waals surface area contributed by atoms with Gasteiger partial charge in [-0.15, -0.1) is 0 Å². The molecular weight excluding hydrogens is 310 g/mol. The maximum Gasteiger partial charge on any atom is 0.237 e. The molecule has 0 bridgehead atoms. The van der Waals surface area contributed by atoms with Gasteiger partial charge in [0.05, 0.1) is 6.54 Å². The normalized spacial score (nSPS) is 26.8. The largest absolute Gasteiger partial charge is 0.336 e. The molecule has 3 rings (SSSR count). The van der Waals surface area contributed by atoms with Crippen molar-refractivity contribution in [3.05, 3.63) is 0 Å². The maximum absolute atomic E-state index is 13.1. The van der Waals surface area contributed by atoms with Crippen LogP contribution in [0.25, 0.3) is 0 Å². The first-order chi connectivity index (χ1) is 12.3. The summed E-state index contributed by atoms with van der Waals surface area (Å²) in [5.74, 6) is 0.375. The molecule has 0 aromatic heterocycles. The zero-order valence-electron chi connectivity index (χ0n) is 16.3. The third kappa shape index (κ3) is 5.19. The van der Waals surface area contributed by atoms with Gasteiger partial charge in [0.2, 0.25) is 5.91 Å². The Labute approximate surface area is 154 Å². The molecule has 0 aromatic rings. The Balaban J connectivity index is 1.52. The highest BCUT2D eigenvalue weighted by molar-refractivity contribution is 5.79. The van der Waals surface area contributed by atoms with Gasteiger partial charge in [-0.25, -0.2) is 0 Å². The van der Waals surface area contributed by atoms with Crippen LogP contribution >= 0.6 is 0 Å². The Hall–Kier alpha value is -0.610. The number of rotatable bonds is 7. The van der Waals surface area contributed by atoms with Gasteiger partial charge in [0.25, 0.3) is 0 Å². The molecule has 1 atom stereocenters. The number of nitrogens with zero attached hydrogens (tertiary/aromatic N) is 2. The van der Waals surface area contributed by atoms with E-state index in [0.29, 0.717) is 30.6 Å². The summed E-state index contributed by atoms with van der Waals surface area (Å²) in [6.45, 7) is 6.13. The zero-order chi connectivity index (χ0) is 17.5. The SMILES string of the molecule is CCN1CCCC1CNCC(=O)N(C1CCCCC1)C1CCCCC1. The highest BCUT2D eigenvalue weighted by Gasteiger charge is 2.32. The highest BCUT2D eigenvalue weighted by Crippen LogP contribution is 2.30. The maximum atomic E-state index is 13.1. The lowest BCUT2D eigenvalue weighted by Crippen LogP contribution is -2.52. The fraction of sp³-hybridized carbons (Fsp3) is 0.952. The quantitative estimate of drug-likeness (QED) is 0.763. The van der Waals surface area contributed by atoms with Crippen molar-refractivity contribution in [2.75, 3.05) is 26.2 Å². The first-order valence-electron chi connectivity index (χ1n) is 11.1. The van der Waals surface area contributed by atoms with E-state index in [4.69, 9.17) is 0 Å². The monoisotopic (exact) mass is 349 g/mol. The van der Waals surface area contributed by atoms with E-state index in [1.54, 1.807) is 0 Å². The van der Waals surface area contributed by atoms with Gasteiger partial charge in [0.15, 0.2) is 0 Å². The van der Waals surface area contributed by atoms with Crippen molar-refractivity contribution in [3.8, 4) is 0 Å². The molecule has 1 amide bonds. The predicted molar refractivity (Wildman–Crippen MR) is 104 cm³/mol. The molecule has 1 unspecified atom stereocenters. The van der Waals surface area contributed by atoms with Gasteiger partial charge >= 0.3 is 0 Å². The summed E-state index contributed by atoms with van der Waals surface area (Å²) >= 11 is 0. The van der Waals surface area contributed by atoms with Crippen LogP contribution in [0.1, 0.15) is 84.0 Å². The van der Waals surface area contributed by atoms with Crippen molar-refractivity contribution in [3.63, 3.8) is 0 Å². The van der Waals surface area contributed by atoms with E-state index < -0.39 is 0 Å². The van der Waals surface area contributed by atoms with E-state index in [1.165, 1.54) is 83.6 Å². The molecule has 3 fully saturated rings. The van der Waals surface area contributed by atoms with E-state index in [0.717, 1.165) is 13.1 Å².